The summed E-state index contributed by atoms with van der Waals surface area (Å²) in [5.74, 6) is -0.802. The normalized spacial score (nSPS) is 19.2. The van der Waals surface area contributed by atoms with Gasteiger partial charge in [-0.15, -0.1) is 0 Å². The largest absolute Gasteiger partial charge is 0.379 e. The summed E-state index contributed by atoms with van der Waals surface area (Å²) in [5.41, 5.74) is 0.959. The van der Waals surface area contributed by atoms with Gasteiger partial charge in [-0.3, -0.25) is 24.2 Å². The fraction of sp³-hybridized carbons (Fsp3) is 0.591. The Morgan fingerprint density at radius 1 is 1.14 bits per heavy atom. The minimum absolute atomic E-state index is 0.154. The Bertz CT molecular complexity index is 788. The van der Waals surface area contributed by atoms with E-state index in [2.05, 4.69) is 24.1 Å². The maximum atomic E-state index is 12.8. The molecule has 0 aliphatic carbocycles. The van der Waals surface area contributed by atoms with Crippen LogP contribution in [0.4, 0.5) is 0 Å². The molecule has 0 saturated carbocycles. The maximum absolute atomic E-state index is 12.8. The molecule has 3 amide bonds. The summed E-state index contributed by atoms with van der Waals surface area (Å²) in [6.07, 6.45) is 2.58. The van der Waals surface area contributed by atoms with Gasteiger partial charge in [0.25, 0.3) is 17.7 Å². The van der Waals surface area contributed by atoms with Crippen molar-refractivity contribution < 1.29 is 19.1 Å². The third kappa shape index (κ3) is 4.36. The van der Waals surface area contributed by atoms with Crippen molar-refractivity contribution in [2.45, 2.75) is 45.6 Å². The lowest BCUT2D eigenvalue weighted by Crippen LogP contribution is -2.56. The molecule has 158 valence electrons. The minimum Gasteiger partial charge on any atom is -0.379 e. The molecular formula is C22H31N3O4. The second-order valence-electron chi connectivity index (χ2n) is 8.01. The van der Waals surface area contributed by atoms with Crippen molar-refractivity contribution in [1.82, 2.24) is 15.1 Å². The van der Waals surface area contributed by atoms with Gasteiger partial charge in [0.15, 0.2) is 0 Å². The van der Waals surface area contributed by atoms with E-state index in [9.17, 15) is 14.4 Å². The van der Waals surface area contributed by atoms with E-state index in [0.29, 0.717) is 43.0 Å². The first-order valence-electron chi connectivity index (χ1n) is 10.5. The summed E-state index contributed by atoms with van der Waals surface area (Å²) in [7, 11) is 0. The van der Waals surface area contributed by atoms with Gasteiger partial charge in [-0.2, -0.15) is 0 Å². The van der Waals surface area contributed by atoms with Gasteiger partial charge >= 0.3 is 0 Å². The summed E-state index contributed by atoms with van der Waals surface area (Å²) < 4.78 is 5.44. The van der Waals surface area contributed by atoms with Gasteiger partial charge in [0, 0.05) is 37.3 Å². The molecule has 3 rings (SSSR count). The lowest BCUT2D eigenvalue weighted by Gasteiger charge is -2.43. The number of hydrogen-bond acceptors (Lipinski definition) is 5. The number of hydrogen-bond donors (Lipinski definition) is 1. The van der Waals surface area contributed by atoms with Crippen LogP contribution in [0.5, 0.6) is 0 Å². The zero-order chi connectivity index (χ0) is 21.0. The zero-order valence-electron chi connectivity index (χ0n) is 17.6. The van der Waals surface area contributed by atoms with Gasteiger partial charge in [-0.05, 0) is 38.0 Å². The third-order valence-corrected chi connectivity index (χ3v) is 6.13. The highest BCUT2D eigenvalue weighted by Crippen LogP contribution is 2.25. The molecule has 1 aromatic carbocycles. The molecule has 7 nitrogen and oxygen atoms in total. The smallest absolute Gasteiger partial charge is 0.261 e. The van der Waals surface area contributed by atoms with E-state index in [-0.39, 0.29) is 23.3 Å². The Labute approximate surface area is 172 Å². The standard InChI is InChI=1S/C22H31N3O4/c1-4-6-9-25-20(27)17-8-7-16(14-18(17)21(25)28)19(26)23-15-22(3,5-2)24-10-12-29-13-11-24/h7-8,14H,4-6,9-13,15H2,1-3H3,(H,23,26). The lowest BCUT2D eigenvalue weighted by atomic mass is 9.95. The average molecular weight is 402 g/mol. The minimum atomic E-state index is -0.306. The molecular weight excluding hydrogens is 370 g/mol. The van der Waals surface area contributed by atoms with Crippen LogP contribution < -0.4 is 5.32 Å². The zero-order valence-corrected chi connectivity index (χ0v) is 17.6. The average Bonchev–Trinajstić information content (AvgIpc) is 3.00. The molecule has 2 aliphatic heterocycles. The van der Waals surface area contributed by atoms with Crippen molar-refractivity contribution >= 4 is 17.7 Å². The summed E-state index contributed by atoms with van der Waals surface area (Å²) >= 11 is 0. The molecule has 0 aromatic heterocycles. The Morgan fingerprint density at radius 3 is 2.48 bits per heavy atom. The number of nitrogens with one attached hydrogen (secondary N) is 1. The molecule has 0 spiro atoms. The number of fused-ring (bicyclic) bond motifs is 1. The summed E-state index contributed by atoms with van der Waals surface area (Å²) in [5, 5.41) is 3.02. The van der Waals surface area contributed by atoms with Crippen molar-refractivity contribution in [3.8, 4) is 0 Å². The highest BCUT2D eigenvalue weighted by Gasteiger charge is 2.36. The van der Waals surface area contributed by atoms with Crippen molar-refractivity contribution in [3.63, 3.8) is 0 Å². The number of unbranched alkanes of at least 4 members (excludes halogenated alkanes) is 1. The molecule has 2 aliphatic rings. The molecule has 1 fully saturated rings. The Kier molecular flexibility index (Phi) is 6.70. The van der Waals surface area contributed by atoms with Gasteiger partial charge in [-0.1, -0.05) is 20.3 Å². The lowest BCUT2D eigenvalue weighted by molar-refractivity contribution is -0.0169. The number of carbonyl (C=O) groups excluding carboxylic acids is 3. The predicted octanol–water partition coefficient (Wildman–Crippen LogP) is 2.31. The van der Waals surface area contributed by atoms with E-state index >= 15 is 0 Å². The van der Waals surface area contributed by atoms with E-state index in [4.69, 9.17) is 4.74 Å². The predicted molar refractivity (Wildman–Crippen MR) is 110 cm³/mol. The number of rotatable bonds is 8. The van der Waals surface area contributed by atoms with Crippen molar-refractivity contribution in [2.75, 3.05) is 39.4 Å². The maximum Gasteiger partial charge on any atom is 0.261 e. The highest BCUT2D eigenvalue weighted by molar-refractivity contribution is 6.22. The van der Waals surface area contributed by atoms with E-state index in [1.165, 1.54) is 4.90 Å². The van der Waals surface area contributed by atoms with Gasteiger partial charge in [0.1, 0.15) is 0 Å². The first-order chi connectivity index (χ1) is 13.9. The van der Waals surface area contributed by atoms with Crippen LogP contribution in [0.3, 0.4) is 0 Å². The van der Waals surface area contributed by atoms with Gasteiger partial charge in [-0.25, -0.2) is 0 Å². The number of carbonyl (C=O) groups is 3. The van der Waals surface area contributed by atoms with Crippen molar-refractivity contribution in [2.24, 2.45) is 0 Å². The summed E-state index contributed by atoms with van der Waals surface area (Å²) in [6.45, 7) is 10.3. The van der Waals surface area contributed by atoms with Crippen LogP contribution in [-0.4, -0.2) is 72.5 Å². The SMILES string of the molecule is CCCCN1C(=O)c2ccc(C(=O)NCC(C)(CC)N3CCOCC3)cc2C1=O. The highest BCUT2D eigenvalue weighted by atomic mass is 16.5. The fourth-order valence-corrected chi connectivity index (χ4v) is 3.89. The quantitative estimate of drug-likeness (QED) is 0.677. The summed E-state index contributed by atoms with van der Waals surface area (Å²) in [6, 6.07) is 4.77. The van der Waals surface area contributed by atoms with Crippen LogP contribution in [0.25, 0.3) is 0 Å². The van der Waals surface area contributed by atoms with Gasteiger partial charge in [0.05, 0.1) is 24.3 Å². The molecule has 0 radical (unpaired) electrons. The molecule has 1 aromatic rings. The molecule has 1 saturated heterocycles. The number of morpholine rings is 1. The van der Waals surface area contributed by atoms with Gasteiger partial charge < -0.3 is 10.1 Å². The Balaban J connectivity index is 1.69. The van der Waals surface area contributed by atoms with Crippen molar-refractivity contribution in [1.29, 1.82) is 0 Å². The Morgan fingerprint density at radius 2 is 1.83 bits per heavy atom. The number of nitrogens with zero attached hydrogens (tertiary/aromatic N) is 2. The van der Waals surface area contributed by atoms with E-state index in [0.717, 1.165) is 32.4 Å². The van der Waals surface area contributed by atoms with Crippen LogP contribution >= 0.6 is 0 Å². The summed E-state index contributed by atoms with van der Waals surface area (Å²) in [4.78, 5) is 41.5. The molecule has 2 heterocycles. The second-order valence-corrected chi connectivity index (χ2v) is 8.01. The van der Waals surface area contributed by atoms with E-state index in [1.54, 1.807) is 18.2 Å². The topological polar surface area (TPSA) is 79.0 Å². The first-order valence-corrected chi connectivity index (χ1v) is 10.5. The molecule has 1 N–H and O–H groups in total. The molecule has 1 atom stereocenters. The van der Waals surface area contributed by atoms with Crippen LogP contribution in [0.1, 0.15) is 71.1 Å². The fourth-order valence-electron chi connectivity index (χ4n) is 3.89. The molecule has 1 unspecified atom stereocenters. The van der Waals surface area contributed by atoms with Crippen LogP contribution in [0, 0.1) is 0 Å². The molecule has 29 heavy (non-hydrogen) atoms. The second kappa shape index (κ2) is 9.05. The number of amides is 3. The van der Waals surface area contributed by atoms with Crippen LogP contribution in [0.15, 0.2) is 18.2 Å². The van der Waals surface area contributed by atoms with E-state index in [1.807, 2.05) is 6.92 Å². The number of imide groups is 1. The van der Waals surface area contributed by atoms with Gasteiger partial charge in [0.2, 0.25) is 0 Å². The monoisotopic (exact) mass is 401 g/mol. The third-order valence-electron chi connectivity index (χ3n) is 6.13. The first kappa shape index (κ1) is 21.5. The van der Waals surface area contributed by atoms with E-state index < -0.39 is 0 Å². The number of benzene rings is 1. The molecule has 7 heteroatoms. The number of ether oxygens (including phenoxy) is 1. The van der Waals surface area contributed by atoms with Crippen LogP contribution in [0.2, 0.25) is 0 Å². The molecule has 0 bridgehead atoms. The Hall–Kier alpha value is -2.25. The van der Waals surface area contributed by atoms with Crippen LogP contribution in [-0.2, 0) is 4.74 Å². The van der Waals surface area contributed by atoms with Crippen molar-refractivity contribution in [3.05, 3.63) is 34.9 Å².